The fourth-order valence-electron chi connectivity index (χ4n) is 2.96. The Bertz CT molecular complexity index is 657. The summed E-state index contributed by atoms with van der Waals surface area (Å²) >= 11 is 0. The summed E-state index contributed by atoms with van der Waals surface area (Å²) in [7, 11) is 0. The molecule has 1 fully saturated rings. The van der Waals surface area contributed by atoms with Crippen molar-refractivity contribution in [2.45, 2.75) is 25.7 Å². The molecule has 4 heteroatoms. The van der Waals surface area contributed by atoms with Crippen LogP contribution >= 0.6 is 0 Å². The Balaban J connectivity index is 1.74. The van der Waals surface area contributed by atoms with E-state index in [0.29, 0.717) is 10.8 Å². The standard InChI is InChI=1S/C16H20N2O2/c19-15-7-3-6-13-14(15)11-12(17-16(13)20)5-4-10-18-8-1-2-9-18/h3,6-7,11,19H,1-2,4-5,8-10H2,(H,17,20). The molecule has 0 atom stereocenters. The number of hydrogen-bond acceptors (Lipinski definition) is 3. The largest absolute Gasteiger partial charge is 0.507 e. The molecule has 0 radical (unpaired) electrons. The van der Waals surface area contributed by atoms with Crippen molar-refractivity contribution in [2.24, 2.45) is 0 Å². The van der Waals surface area contributed by atoms with Crippen LogP contribution in [0.3, 0.4) is 0 Å². The summed E-state index contributed by atoms with van der Waals surface area (Å²) in [6.07, 6.45) is 4.49. The van der Waals surface area contributed by atoms with Crippen LogP contribution < -0.4 is 5.56 Å². The van der Waals surface area contributed by atoms with Gasteiger partial charge >= 0.3 is 0 Å². The number of phenolic OH excluding ortho intramolecular Hbond substituents is 1. The number of hydrogen-bond donors (Lipinski definition) is 2. The number of fused-ring (bicyclic) bond motifs is 1. The molecule has 1 aliphatic heterocycles. The lowest BCUT2D eigenvalue weighted by molar-refractivity contribution is 0.333. The summed E-state index contributed by atoms with van der Waals surface area (Å²) in [5.41, 5.74) is 0.790. The van der Waals surface area contributed by atoms with Crippen LogP contribution in [-0.2, 0) is 6.42 Å². The molecule has 1 aliphatic rings. The van der Waals surface area contributed by atoms with Crippen LogP contribution in [0.1, 0.15) is 25.0 Å². The number of phenols is 1. The van der Waals surface area contributed by atoms with Gasteiger partial charge in [0.2, 0.25) is 0 Å². The summed E-state index contributed by atoms with van der Waals surface area (Å²) in [6.45, 7) is 3.49. The Morgan fingerprint density at radius 3 is 2.80 bits per heavy atom. The van der Waals surface area contributed by atoms with E-state index in [4.69, 9.17) is 0 Å². The highest BCUT2D eigenvalue weighted by molar-refractivity contribution is 5.87. The van der Waals surface area contributed by atoms with E-state index in [9.17, 15) is 9.90 Å². The number of aromatic hydroxyl groups is 1. The summed E-state index contributed by atoms with van der Waals surface area (Å²) in [6, 6.07) is 6.95. The number of nitrogens with one attached hydrogen (secondary N) is 1. The summed E-state index contributed by atoms with van der Waals surface area (Å²) in [4.78, 5) is 17.4. The predicted molar refractivity (Wildman–Crippen MR) is 80.2 cm³/mol. The molecular formula is C16H20N2O2. The van der Waals surface area contributed by atoms with Crippen molar-refractivity contribution >= 4 is 10.8 Å². The molecule has 0 unspecified atom stereocenters. The molecule has 1 aromatic carbocycles. The van der Waals surface area contributed by atoms with E-state index in [2.05, 4.69) is 9.88 Å². The minimum atomic E-state index is -0.116. The van der Waals surface area contributed by atoms with Gasteiger partial charge in [0.1, 0.15) is 5.75 Å². The first-order valence-electron chi connectivity index (χ1n) is 7.30. The van der Waals surface area contributed by atoms with Gasteiger partial charge in [-0.25, -0.2) is 0 Å². The van der Waals surface area contributed by atoms with Crippen LogP contribution in [0.25, 0.3) is 10.8 Å². The van der Waals surface area contributed by atoms with Gasteiger partial charge in [-0.1, -0.05) is 6.07 Å². The van der Waals surface area contributed by atoms with Gasteiger partial charge < -0.3 is 15.0 Å². The lowest BCUT2D eigenvalue weighted by Gasteiger charge is -2.14. The van der Waals surface area contributed by atoms with E-state index >= 15 is 0 Å². The van der Waals surface area contributed by atoms with Crippen LogP contribution in [0.2, 0.25) is 0 Å². The number of aromatic amines is 1. The summed E-state index contributed by atoms with van der Waals surface area (Å²) in [5, 5.41) is 11.1. The average Bonchev–Trinajstić information content (AvgIpc) is 2.93. The summed E-state index contributed by atoms with van der Waals surface area (Å²) in [5.74, 6) is 0.175. The number of aryl methyl sites for hydroxylation is 1. The Hall–Kier alpha value is -1.81. The first-order chi connectivity index (χ1) is 9.74. The van der Waals surface area contributed by atoms with E-state index in [0.717, 1.165) is 25.1 Å². The minimum absolute atomic E-state index is 0.116. The maximum Gasteiger partial charge on any atom is 0.256 e. The maximum atomic E-state index is 12.0. The van der Waals surface area contributed by atoms with E-state index in [1.165, 1.54) is 25.9 Å². The highest BCUT2D eigenvalue weighted by Gasteiger charge is 2.11. The average molecular weight is 272 g/mol. The van der Waals surface area contributed by atoms with Crippen LogP contribution in [-0.4, -0.2) is 34.6 Å². The second-order valence-electron chi connectivity index (χ2n) is 5.51. The number of aromatic nitrogens is 1. The summed E-state index contributed by atoms with van der Waals surface area (Å²) < 4.78 is 0. The van der Waals surface area contributed by atoms with Gasteiger partial charge in [0, 0.05) is 11.1 Å². The molecule has 1 saturated heterocycles. The quantitative estimate of drug-likeness (QED) is 0.897. The normalized spacial score (nSPS) is 16.0. The predicted octanol–water partition coefficient (Wildman–Crippen LogP) is 2.26. The molecule has 0 bridgehead atoms. The van der Waals surface area contributed by atoms with Gasteiger partial charge in [-0.3, -0.25) is 4.79 Å². The van der Waals surface area contributed by atoms with Crippen molar-refractivity contribution in [3.05, 3.63) is 40.3 Å². The molecule has 2 heterocycles. The molecule has 2 N–H and O–H groups in total. The molecule has 20 heavy (non-hydrogen) atoms. The zero-order chi connectivity index (χ0) is 13.9. The highest BCUT2D eigenvalue weighted by atomic mass is 16.3. The molecule has 0 spiro atoms. The van der Waals surface area contributed by atoms with Crippen molar-refractivity contribution in [3.8, 4) is 5.75 Å². The van der Waals surface area contributed by atoms with E-state index in [1.54, 1.807) is 18.2 Å². The van der Waals surface area contributed by atoms with Gasteiger partial charge in [-0.2, -0.15) is 0 Å². The van der Waals surface area contributed by atoms with Gasteiger partial charge in [-0.05, 0) is 63.5 Å². The minimum Gasteiger partial charge on any atom is -0.507 e. The Labute approximate surface area is 118 Å². The first kappa shape index (κ1) is 13.2. The molecular weight excluding hydrogens is 252 g/mol. The third-order valence-electron chi connectivity index (χ3n) is 4.04. The molecule has 0 saturated carbocycles. The number of H-pyrrole nitrogens is 1. The number of rotatable bonds is 4. The van der Waals surface area contributed by atoms with Crippen LogP contribution in [0.5, 0.6) is 5.75 Å². The SMILES string of the molecule is O=c1[nH]c(CCCN2CCCC2)cc2c(O)cccc12. The zero-order valence-electron chi connectivity index (χ0n) is 11.6. The van der Waals surface area contributed by atoms with Gasteiger partial charge in [0.25, 0.3) is 5.56 Å². The van der Waals surface area contributed by atoms with Crippen LogP contribution in [0, 0.1) is 0 Å². The number of benzene rings is 1. The fourth-order valence-corrected chi connectivity index (χ4v) is 2.96. The zero-order valence-corrected chi connectivity index (χ0v) is 11.6. The number of pyridine rings is 1. The molecule has 0 aliphatic carbocycles. The molecule has 4 nitrogen and oxygen atoms in total. The van der Waals surface area contributed by atoms with E-state index < -0.39 is 0 Å². The van der Waals surface area contributed by atoms with Gasteiger partial charge in [0.15, 0.2) is 0 Å². The van der Waals surface area contributed by atoms with Crippen molar-refractivity contribution in [1.82, 2.24) is 9.88 Å². The second kappa shape index (κ2) is 5.67. The topological polar surface area (TPSA) is 56.3 Å². The molecule has 1 aromatic heterocycles. The van der Waals surface area contributed by atoms with E-state index in [-0.39, 0.29) is 11.3 Å². The highest BCUT2D eigenvalue weighted by Crippen LogP contribution is 2.22. The lowest BCUT2D eigenvalue weighted by Crippen LogP contribution is -2.21. The first-order valence-corrected chi connectivity index (χ1v) is 7.30. The Morgan fingerprint density at radius 1 is 1.20 bits per heavy atom. The molecule has 2 aromatic rings. The molecule has 106 valence electrons. The number of likely N-dealkylation sites (tertiary alicyclic amines) is 1. The Morgan fingerprint density at radius 2 is 2.00 bits per heavy atom. The smallest absolute Gasteiger partial charge is 0.256 e. The monoisotopic (exact) mass is 272 g/mol. The molecule has 3 rings (SSSR count). The third-order valence-corrected chi connectivity index (χ3v) is 4.04. The van der Waals surface area contributed by atoms with Crippen LogP contribution in [0.15, 0.2) is 29.1 Å². The van der Waals surface area contributed by atoms with Gasteiger partial charge in [-0.15, -0.1) is 0 Å². The lowest BCUT2D eigenvalue weighted by atomic mass is 10.1. The van der Waals surface area contributed by atoms with Crippen molar-refractivity contribution in [2.75, 3.05) is 19.6 Å². The van der Waals surface area contributed by atoms with Crippen LogP contribution in [0.4, 0.5) is 0 Å². The third kappa shape index (κ3) is 2.70. The van der Waals surface area contributed by atoms with Crippen molar-refractivity contribution in [1.29, 1.82) is 0 Å². The van der Waals surface area contributed by atoms with E-state index in [1.807, 2.05) is 6.07 Å². The van der Waals surface area contributed by atoms with Crippen molar-refractivity contribution < 1.29 is 5.11 Å². The Kier molecular flexibility index (Phi) is 3.74. The second-order valence-corrected chi connectivity index (χ2v) is 5.51. The maximum absolute atomic E-state index is 12.0. The number of nitrogens with zero attached hydrogens (tertiary/aromatic N) is 1. The molecule has 0 amide bonds. The fraction of sp³-hybridized carbons (Fsp3) is 0.438. The van der Waals surface area contributed by atoms with Gasteiger partial charge in [0.05, 0.1) is 5.39 Å². The van der Waals surface area contributed by atoms with Crippen molar-refractivity contribution in [3.63, 3.8) is 0 Å².